The van der Waals surface area contributed by atoms with E-state index in [1.165, 1.54) is 10.5 Å². The minimum absolute atomic E-state index is 0.288. The molecule has 2 aromatic carbocycles. The van der Waals surface area contributed by atoms with E-state index in [2.05, 4.69) is 24.4 Å². The smallest absolute Gasteiger partial charge is 0.404 e. The molecule has 0 aliphatic carbocycles. The topological polar surface area (TPSA) is 58.6 Å². The van der Waals surface area contributed by atoms with Crippen molar-refractivity contribution >= 4 is 23.4 Å². The van der Waals surface area contributed by atoms with E-state index in [4.69, 9.17) is 9.84 Å². The molecule has 1 amide bonds. The van der Waals surface area contributed by atoms with Crippen molar-refractivity contribution in [2.45, 2.75) is 16.7 Å². The van der Waals surface area contributed by atoms with E-state index in [9.17, 15) is 4.79 Å². The van der Waals surface area contributed by atoms with Crippen LogP contribution in [0.15, 0.2) is 58.3 Å². The van der Waals surface area contributed by atoms with Crippen LogP contribution in [0, 0.1) is 6.92 Å². The van der Waals surface area contributed by atoms with Gasteiger partial charge in [0.25, 0.3) is 0 Å². The van der Waals surface area contributed by atoms with Gasteiger partial charge in [0, 0.05) is 21.9 Å². The molecule has 2 aromatic rings. The maximum absolute atomic E-state index is 10.7. The summed E-state index contributed by atoms with van der Waals surface area (Å²) in [5, 5.41) is 11.2. The lowest BCUT2D eigenvalue weighted by Gasteiger charge is -2.19. The number of carboxylic acid groups (broad SMARTS) is 1. The van der Waals surface area contributed by atoms with Crippen LogP contribution in [-0.2, 0) is 0 Å². The van der Waals surface area contributed by atoms with Gasteiger partial charge in [0.1, 0.15) is 12.4 Å². The molecule has 0 saturated heterocycles. The lowest BCUT2D eigenvalue weighted by molar-refractivity contribution is 0.196. The maximum Gasteiger partial charge on any atom is 0.404 e. The second kappa shape index (κ2) is 6.79. The summed E-state index contributed by atoms with van der Waals surface area (Å²) in [6, 6.07) is 14.3. The standard InChI is InChI=1S/C18H17NO3S/c1-12-4-2-3-5-17(12)23-14-6-7-15-13(11-19-18(20)21)8-9-22-16(15)10-14/h2-8,10,19H,9,11H2,1H3,(H,20,21). The molecule has 0 aromatic heterocycles. The van der Waals surface area contributed by atoms with Crippen molar-refractivity contribution in [2.24, 2.45) is 0 Å². The molecule has 0 bridgehead atoms. The number of fused-ring (bicyclic) bond motifs is 1. The Bertz CT molecular complexity index is 771. The third-order valence-corrected chi connectivity index (χ3v) is 4.79. The summed E-state index contributed by atoms with van der Waals surface area (Å²) in [5.74, 6) is 0.799. The van der Waals surface area contributed by atoms with Crippen LogP contribution in [0.25, 0.3) is 5.57 Å². The van der Waals surface area contributed by atoms with Gasteiger partial charge in [-0.15, -0.1) is 0 Å². The number of carbonyl (C=O) groups is 1. The van der Waals surface area contributed by atoms with Crippen LogP contribution in [0.4, 0.5) is 4.79 Å². The Morgan fingerprint density at radius 3 is 2.91 bits per heavy atom. The monoisotopic (exact) mass is 327 g/mol. The number of nitrogens with one attached hydrogen (secondary N) is 1. The number of rotatable bonds is 4. The van der Waals surface area contributed by atoms with Crippen LogP contribution >= 0.6 is 11.8 Å². The van der Waals surface area contributed by atoms with E-state index in [1.54, 1.807) is 11.8 Å². The number of hydrogen-bond acceptors (Lipinski definition) is 3. The van der Waals surface area contributed by atoms with E-state index in [0.717, 1.165) is 21.8 Å². The Balaban J connectivity index is 1.81. The predicted molar refractivity (Wildman–Crippen MR) is 91.2 cm³/mol. The fraction of sp³-hybridized carbons (Fsp3) is 0.167. The van der Waals surface area contributed by atoms with Gasteiger partial charge in [-0.05, 0) is 48.4 Å². The van der Waals surface area contributed by atoms with Crippen LogP contribution in [0.5, 0.6) is 5.75 Å². The van der Waals surface area contributed by atoms with Gasteiger partial charge in [-0.3, -0.25) is 0 Å². The molecule has 0 atom stereocenters. The average molecular weight is 327 g/mol. The maximum atomic E-state index is 10.7. The molecule has 1 aliphatic rings. The van der Waals surface area contributed by atoms with Crippen LogP contribution in [-0.4, -0.2) is 24.4 Å². The molecule has 118 valence electrons. The van der Waals surface area contributed by atoms with Gasteiger partial charge in [-0.25, -0.2) is 4.79 Å². The molecule has 23 heavy (non-hydrogen) atoms. The molecule has 0 radical (unpaired) electrons. The number of amides is 1. The lowest BCUT2D eigenvalue weighted by atomic mass is 10.0. The summed E-state index contributed by atoms with van der Waals surface area (Å²) < 4.78 is 5.70. The van der Waals surface area contributed by atoms with Gasteiger partial charge in [0.2, 0.25) is 0 Å². The largest absolute Gasteiger partial charge is 0.489 e. The third-order valence-electron chi connectivity index (χ3n) is 3.62. The highest BCUT2D eigenvalue weighted by atomic mass is 32.2. The lowest BCUT2D eigenvalue weighted by Crippen LogP contribution is -2.24. The zero-order valence-electron chi connectivity index (χ0n) is 12.7. The van der Waals surface area contributed by atoms with Gasteiger partial charge in [-0.2, -0.15) is 0 Å². The van der Waals surface area contributed by atoms with E-state index in [0.29, 0.717) is 6.61 Å². The summed E-state index contributed by atoms with van der Waals surface area (Å²) in [7, 11) is 0. The summed E-state index contributed by atoms with van der Waals surface area (Å²) in [6.07, 6.45) is 0.887. The second-order valence-corrected chi connectivity index (χ2v) is 6.34. The zero-order chi connectivity index (χ0) is 16.2. The van der Waals surface area contributed by atoms with E-state index in [1.807, 2.05) is 36.4 Å². The fourth-order valence-corrected chi connectivity index (χ4v) is 3.36. The summed E-state index contributed by atoms with van der Waals surface area (Å²) in [6.45, 7) is 2.84. The van der Waals surface area contributed by atoms with Crippen molar-refractivity contribution < 1.29 is 14.6 Å². The Morgan fingerprint density at radius 1 is 1.30 bits per heavy atom. The molecule has 1 aliphatic heterocycles. The van der Waals surface area contributed by atoms with Crippen LogP contribution in [0.2, 0.25) is 0 Å². The normalized spacial score (nSPS) is 12.8. The zero-order valence-corrected chi connectivity index (χ0v) is 13.5. The van der Waals surface area contributed by atoms with E-state index < -0.39 is 6.09 Å². The molecule has 0 saturated carbocycles. The minimum atomic E-state index is -1.02. The molecule has 1 heterocycles. The minimum Gasteiger partial charge on any atom is -0.489 e. The first-order valence-electron chi connectivity index (χ1n) is 7.30. The van der Waals surface area contributed by atoms with Crippen LogP contribution < -0.4 is 10.1 Å². The molecule has 0 unspecified atom stereocenters. The average Bonchev–Trinajstić information content (AvgIpc) is 2.54. The van der Waals surface area contributed by atoms with Crippen molar-refractivity contribution in [3.8, 4) is 5.75 Å². The molecule has 5 heteroatoms. The molecular formula is C18H17NO3S. The van der Waals surface area contributed by atoms with Gasteiger partial charge in [-0.1, -0.05) is 30.0 Å². The molecule has 0 spiro atoms. The van der Waals surface area contributed by atoms with Crippen molar-refractivity contribution in [2.75, 3.05) is 13.2 Å². The van der Waals surface area contributed by atoms with Crippen molar-refractivity contribution in [3.05, 3.63) is 59.7 Å². The quantitative estimate of drug-likeness (QED) is 0.884. The number of hydrogen-bond donors (Lipinski definition) is 2. The first kappa shape index (κ1) is 15.5. The summed E-state index contributed by atoms with van der Waals surface area (Å²) >= 11 is 1.70. The van der Waals surface area contributed by atoms with Gasteiger partial charge in [0.15, 0.2) is 0 Å². The van der Waals surface area contributed by atoms with E-state index >= 15 is 0 Å². The molecular weight excluding hydrogens is 310 g/mol. The number of ether oxygens (including phenoxy) is 1. The second-order valence-electron chi connectivity index (χ2n) is 5.22. The van der Waals surface area contributed by atoms with Crippen molar-refractivity contribution in [1.82, 2.24) is 5.32 Å². The Morgan fingerprint density at radius 2 is 2.13 bits per heavy atom. The number of benzene rings is 2. The summed E-state index contributed by atoms with van der Waals surface area (Å²) in [5.41, 5.74) is 3.13. The molecule has 2 N–H and O–H groups in total. The summed E-state index contributed by atoms with van der Waals surface area (Å²) in [4.78, 5) is 13.0. The predicted octanol–water partition coefficient (Wildman–Crippen LogP) is 4.19. The van der Waals surface area contributed by atoms with Gasteiger partial charge < -0.3 is 15.2 Å². The molecule has 4 nitrogen and oxygen atoms in total. The Labute approximate surface area is 139 Å². The highest BCUT2D eigenvalue weighted by molar-refractivity contribution is 7.99. The highest BCUT2D eigenvalue weighted by Gasteiger charge is 2.15. The number of aryl methyl sites for hydroxylation is 1. The Kier molecular flexibility index (Phi) is 4.57. The fourth-order valence-electron chi connectivity index (χ4n) is 2.43. The molecule has 3 rings (SSSR count). The van der Waals surface area contributed by atoms with Crippen molar-refractivity contribution in [1.29, 1.82) is 0 Å². The first-order valence-corrected chi connectivity index (χ1v) is 8.11. The Hall–Kier alpha value is -2.40. The molecule has 0 fully saturated rings. The van der Waals surface area contributed by atoms with E-state index in [-0.39, 0.29) is 6.54 Å². The van der Waals surface area contributed by atoms with Crippen LogP contribution in [0.3, 0.4) is 0 Å². The van der Waals surface area contributed by atoms with Gasteiger partial charge >= 0.3 is 6.09 Å². The third kappa shape index (κ3) is 3.68. The SMILES string of the molecule is Cc1ccccc1Sc1ccc2c(c1)OCC=C2CNC(=O)O. The highest BCUT2D eigenvalue weighted by Crippen LogP contribution is 2.36. The van der Waals surface area contributed by atoms with Gasteiger partial charge in [0.05, 0.1) is 0 Å². The van der Waals surface area contributed by atoms with Crippen LogP contribution in [0.1, 0.15) is 11.1 Å². The van der Waals surface area contributed by atoms with Crippen molar-refractivity contribution in [3.63, 3.8) is 0 Å². The first-order chi connectivity index (χ1) is 11.1.